The van der Waals surface area contributed by atoms with Crippen molar-refractivity contribution in [3.63, 3.8) is 0 Å². The third kappa shape index (κ3) is 3.66. The molecule has 0 bridgehead atoms. The number of anilines is 1. The number of amides is 1. The molecular formula is C20H14F3N5O. The van der Waals surface area contributed by atoms with Gasteiger partial charge in [0, 0.05) is 18.8 Å². The van der Waals surface area contributed by atoms with Crippen LogP contribution in [0.4, 0.5) is 18.9 Å². The van der Waals surface area contributed by atoms with Gasteiger partial charge in [-0.15, -0.1) is 0 Å². The molecule has 1 aromatic carbocycles. The van der Waals surface area contributed by atoms with Gasteiger partial charge in [-0.05, 0) is 30.3 Å². The minimum atomic E-state index is -4.48. The van der Waals surface area contributed by atoms with Crippen LogP contribution in [0.5, 0.6) is 0 Å². The van der Waals surface area contributed by atoms with Gasteiger partial charge < -0.3 is 5.32 Å². The number of benzene rings is 1. The van der Waals surface area contributed by atoms with Crippen LogP contribution in [0.15, 0.2) is 61.1 Å². The number of nitrogens with zero attached hydrogens (tertiary/aromatic N) is 4. The molecule has 0 saturated heterocycles. The first kappa shape index (κ1) is 18.6. The smallest absolute Gasteiger partial charge is 0.321 e. The average molecular weight is 397 g/mol. The fourth-order valence-electron chi connectivity index (χ4n) is 2.94. The van der Waals surface area contributed by atoms with Crippen molar-refractivity contribution in [3.8, 4) is 11.3 Å². The molecular weight excluding hydrogens is 383 g/mol. The molecule has 0 fully saturated rings. The first-order valence-corrected chi connectivity index (χ1v) is 8.55. The first-order chi connectivity index (χ1) is 13.8. The SMILES string of the molecule is Cn1ncc2c(C(=O)Nc3cccnc3)cc(-c3cccc(C(F)(F)F)c3)nc21. The molecule has 4 rings (SSSR count). The molecule has 9 heteroatoms. The zero-order chi connectivity index (χ0) is 20.6. The monoisotopic (exact) mass is 397 g/mol. The highest BCUT2D eigenvalue weighted by Gasteiger charge is 2.30. The fraction of sp³-hybridized carbons (Fsp3) is 0.100. The van der Waals surface area contributed by atoms with Gasteiger partial charge in [0.2, 0.25) is 0 Å². The van der Waals surface area contributed by atoms with Crippen molar-refractivity contribution in [2.45, 2.75) is 6.18 Å². The number of hydrogen-bond acceptors (Lipinski definition) is 4. The molecule has 6 nitrogen and oxygen atoms in total. The second-order valence-electron chi connectivity index (χ2n) is 6.33. The van der Waals surface area contributed by atoms with Crippen molar-refractivity contribution in [2.75, 3.05) is 5.32 Å². The van der Waals surface area contributed by atoms with E-state index in [-0.39, 0.29) is 16.8 Å². The first-order valence-electron chi connectivity index (χ1n) is 8.55. The quantitative estimate of drug-likeness (QED) is 0.559. The Kier molecular flexibility index (Phi) is 4.50. The Hall–Kier alpha value is -3.75. The highest BCUT2D eigenvalue weighted by molar-refractivity contribution is 6.12. The van der Waals surface area contributed by atoms with E-state index in [2.05, 4.69) is 20.4 Å². The summed E-state index contributed by atoms with van der Waals surface area (Å²) in [6.07, 6.45) is 0.0873. The lowest BCUT2D eigenvalue weighted by molar-refractivity contribution is -0.137. The van der Waals surface area contributed by atoms with Gasteiger partial charge >= 0.3 is 6.18 Å². The molecule has 0 saturated carbocycles. The predicted molar refractivity (Wildman–Crippen MR) is 101 cm³/mol. The molecule has 0 aliphatic carbocycles. The van der Waals surface area contributed by atoms with Gasteiger partial charge in [-0.2, -0.15) is 18.3 Å². The zero-order valence-electron chi connectivity index (χ0n) is 15.1. The molecule has 1 amide bonds. The number of aromatic nitrogens is 4. The molecule has 29 heavy (non-hydrogen) atoms. The van der Waals surface area contributed by atoms with Crippen LogP contribution in [0.1, 0.15) is 15.9 Å². The maximum atomic E-state index is 13.1. The van der Waals surface area contributed by atoms with Gasteiger partial charge in [0.05, 0.1) is 40.3 Å². The van der Waals surface area contributed by atoms with Crippen LogP contribution >= 0.6 is 0 Å². The summed E-state index contributed by atoms with van der Waals surface area (Å²) in [5, 5.41) is 7.34. The van der Waals surface area contributed by atoms with E-state index < -0.39 is 17.6 Å². The van der Waals surface area contributed by atoms with E-state index in [0.29, 0.717) is 16.7 Å². The third-order valence-corrected chi connectivity index (χ3v) is 4.35. The highest BCUT2D eigenvalue weighted by Crippen LogP contribution is 2.32. The number of fused-ring (bicyclic) bond motifs is 1. The molecule has 0 radical (unpaired) electrons. The van der Waals surface area contributed by atoms with E-state index in [4.69, 9.17) is 0 Å². The predicted octanol–water partition coefficient (Wildman–Crippen LogP) is 4.30. The molecule has 3 heterocycles. The van der Waals surface area contributed by atoms with Crippen LogP contribution in [-0.4, -0.2) is 25.7 Å². The van der Waals surface area contributed by atoms with Crippen molar-refractivity contribution in [3.05, 3.63) is 72.2 Å². The van der Waals surface area contributed by atoms with Crippen molar-refractivity contribution in [2.24, 2.45) is 7.05 Å². The van der Waals surface area contributed by atoms with E-state index in [0.717, 1.165) is 12.1 Å². The van der Waals surface area contributed by atoms with E-state index in [1.165, 1.54) is 35.3 Å². The maximum absolute atomic E-state index is 13.1. The maximum Gasteiger partial charge on any atom is 0.416 e. The molecule has 3 aromatic heterocycles. The average Bonchev–Trinajstić information content (AvgIpc) is 3.08. The normalized spacial score (nSPS) is 11.6. The topological polar surface area (TPSA) is 72.7 Å². The summed E-state index contributed by atoms with van der Waals surface area (Å²) in [7, 11) is 1.65. The van der Waals surface area contributed by atoms with Crippen LogP contribution in [-0.2, 0) is 13.2 Å². The van der Waals surface area contributed by atoms with Crippen molar-refractivity contribution in [1.82, 2.24) is 19.7 Å². The van der Waals surface area contributed by atoms with E-state index in [9.17, 15) is 18.0 Å². The number of pyridine rings is 2. The minimum absolute atomic E-state index is 0.239. The van der Waals surface area contributed by atoms with Crippen LogP contribution in [0.25, 0.3) is 22.3 Å². The summed E-state index contributed by atoms with van der Waals surface area (Å²) in [5.41, 5.74) is 0.827. The Balaban J connectivity index is 1.83. The van der Waals surface area contributed by atoms with Gasteiger partial charge in [-0.3, -0.25) is 14.5 Å². The number of hydrogen-bond donors (Lipinski definition) is 1. The number of aryl methyl sites for hydroxylation is 1. The Bertz CT molecular complexity index is 1200. The van der Waals surface area contributed by atoms with Crippen LogP contribution in [0.2, 0.25) is 0 Å². The molecule has 0 aliphatic rings. The third-order valence-electron chi connectivity index (χ3n) is 4.35. The number of carbonyl (C=O) groups excluding carboxylic acids is 1. The van der Waals surface area contributed by atoms with E-state index >= 15 is 0 Å². The number of carbonyl (C=O) groups is 1. The van der Waals surface area contributed by atoms with Gasteiger partial charge in [-0.1, -0.05) is 12.1 Å². The molecule has 146 valence electrons. The summed E-state index contributed by atoms with van der Waals surface area (Å²) in [5.74, 6) is -0.438. The summed E-state index contributed by atoms with van der Waals surface area (Å²) in [4.78, 5) is 21.2. The van der Waals surface area contributed by atoms with E-state index in [1.54, 1.807) is 25.4 Å². The Morgan fingerprint density at radius 2 is 1.93 bits per heavy atom. The van der Waals surface area contributed by atoms with E-state index in [1.807, 2.05) is 0 Å². The second-order valence-corrected chi connectivity index (χ2v) is 6.33. The molecule has 0 spiro atoms. The van der Waals surface area contributed by atoms with Crippen molar-refractivity contribution < 1.29 is 18.0 Å². The van der Waals surface area contributed by atoms with Crippen LogP contribution < -0.4 is 5.32 Å². The standard InChI is InChI=1S/C20H14F3N5O/c1-28-18-16(11-25-28)15(19(29)26-14-6-3-7-24-10-14)9-17(27-18)12-4-2-5-13(8-12)20(21,22)23/h2-11H,1H3,(H,26,29). The van der Waals surface area contributed by atoms with Gasteiger partial charge in [0.1, 0.15) is 0 Å². The van der Waals surface area contributed by atoms with Crippen molar-refractivity contribution in [1.29, 1.82) is 0 Å². The Morgan fingerprint density at radius 1 is 1.10 bits per heavy atom. The Labute approximate surface area is 163 Å². The second kappa shape index (κ2) is 7.01. The lowest BCUT2D eigenvalue weighted by atomic mass is 10.0. The van der Waals surface area contributed by atoms with Gasteiger partial charge in [-0.25, -0.2) is 4.98 Å². The molecule has 1 N–H and O–H groups in total. The minimum Gasteiger partial charge on any atom is -0.321 e. The Morgan fingerprint density at radius 3 is 2.66 bits per heavy atom. The van der Waals surface area contributed by atoms with Gasteiger partial charge in [0.25, 0.3) is 5.91 Å². The number of nitrogens with one attached hydrogen (secondary N) is 1. The molecule has 0 unspecified atom stereocenters. The van der Waals surface area contributed by atoms with Crippen molar-refractivity contribution >= 4 is 22.6 Å². The zero-order valence-corrected chi connectivity index (χ0v) is 15.1. The number of rotatable bonds is 3. The molecule has 4 aromatic rings. The summed E-state index contributed by atoms with van der Waals surface area (Å²) >= 11 is 0. The fourth-order valence-corrected chi connectivity index (χ4v) is 2.94. The molecule has 0 aliphatic heterocycles. The lowest BCUT2D eigenvalue weighted by Crippen LogP contribution is -2.13. The summed E-state index contributed by atoms with van der Waals surface area (Å²) in [6, 6.07) is 9.64. The molecule has 0 atom stereocenters. The number of alkyl halides is 3. The number of halogens is 3. The van der Waals surface area contributed by atoms with Crippen LogP contribution in [0, 0.1) is 0 Å². The highest BCUT2D eigenvalue weighted by atomic mass is 19.4. The lowest BCUT2D eigenvalue weighted by Gasteiger charge is -2.11. The van der Waals surface area contributed by atoms with Gasteiger partial charge in [0.15, 0.2) is 5.65 Å². The summed E-state index contributed by atoms with van der Waals surface area (Å²) < 4.78 is 40.8. The largest absolute Gasteiger partial charge is 0.416 e. The summed E-state index contributed by atoms with van der Waals surface area (Å²) in [6.45, 7) is 0. The van der Waals surface area contributed by atoms with Crippen LogP contribution in [0.3, 0.4) is 0 Å².